The number of methoxy groups -OCH3 is 1. The predicted octanol–water partition coefficient (Wildman–Crippen LogP) is 4.16. The molecule has 32 heavy (non-hydrogen) atoms. The third-order valence-electron chi connectivity index (χ3n) is 4.31. The molecule has 0 aliphatic carbocycles. The first-order valence-corrected chi connectivity index (χ1v) is 11.2. The van der Waals surface area contributed by atoms with Crippen LogP contribution in [0.5, 0.6) is 0 Å². The minimum Gasteiger partial charge on any atom is -0.469 e. The molecule has 1 atom stereocenters. The number of halogens is 2. The number of anilines is 2. The van der Waals surface area contributed by atoms with Gasteiger partial charge in [0.1, 0.15) is 6.04 Å². The average molecular weight is 497 g/mol. The van der Waals surface area contributed by atoms with Gasteiger partial charge in [0.25, 0.3) is 5.91 Å². The van der Waals surface area contributed by atoms with Crippen molar-refractivity contribution in [2.75, 3.05) is 17.8 Å². The molecule has 7 nitrogen and oxygen atoms in total. The van der Waals surface area contributed by atoms with Crippen LogP contribution in [-0.4, -0.2) is 41.8 Å². The van der Waals surface area contributed by atoms with Crippen molar-refractivity contribution in [2.24, 2.45) is 0 Å². The van der Waals surface area contributed by atoms with E-state index in [2.05, 4.69) is 5.32 Å². The highest BCUT2D eigenvalue weighted by Crippen LogP contribution is 2.40. The number of esters is 1. The molecule has 0 aliphatic rings. The van der Waals surface area contributed by atoms with Crippen molar-refractivity contribution in [3.05, 3.63) is 58.1 Å². The van der Waals surface area contributed by atoms with E-state index in [9.17, 15) is 19.2 Å². The van der Waals surface area contributed by atoms with E-state index in [1.54, 1.807) is 42.5 Å². The molecular weight excluding hydrogens is 475 g/mol. The molecule has 0 heterocycles. The molecule has 0 fully saturated rings. The van der Waals surface area contributed by atoms with E-state index in [1.165, 1.54) is 25.9 Å². The fourth-order valence-electron chi connectivity index (χ4n) is 2.93. The van der Waals surface area contributed by atoms with Crippen molar-refractivity contribution in [1.29, 1.82) is 0 Å². The highest BCUT2D eigenvalue weighted by atomic mass is 35.5. The molecule has 10 heteroatoms. The van der Waals surface area contributed by atoms with Crippen LogP contribution in [0.15, 0.2) is 42.5 Å². The molecule has 2 aromatic rings. The van der Waals surface area contributed by atoms with Gasteiger partial charge in [-0.15, -0.1) is 0 Å². The Kier molecular flexibility index (Phi) is 9.56. The van der Waals surface area contributed by atoms with Gasteiger partial charge in [-0.2, -0.15) is 0 Å². The summed E-state index contributed by atoms with van der Waals surface area (Å²) in [4.78, 5) is 50.3. The molecule has 0 aromatic heterocycles. The normalized spacial score (nSPS) is 11.4. The molecule has 2 rings (SSSR count). The standard InChI is InChI=1S/C22H22Cl2N2O5S/c1-13(27)25-18(12-32-14(2)28)22(30)26(21-16(23)8-6-9-17(21)24)19-10-5-4-7-15(19)11-20(29)31-3/h4-10,18H,11-12H2,1-3H3,(H,25,27)/t18-/m0/s1. The Labute approximate surface area is 200 Å². The van der Waals surface area contributed by atoms with Crippen molar-refractivity contribution < 1.29 is 23.9 Å². The average Bonchev–Trinajstić information content (AvgIpc) is 2.73. The van der Waals surface area contributed by atoms with Crippen LogP contribution in [-0.2, 0) is 30.3 Å². The van der Waals surface area contributed by atoms with Crippen LogP contribution in [0.25, 0.3) is 0 Å². The third kappa shape index (κ3) is 6.72. The lowest BCUT2D eigenvalue weighted by Crippen LogP contribution is -2.48. The van der Waals surface area contributed by atoms with Gasteiger partial charge in [-0.25, -0.2) is 0 Å². The fourth-order valence-corrected chi connectivity index (χ4v) is 4.13. The van der Waals surface area contributed by atoms with Crippen LogP contribution in [0.2, 0.25) is 10.0 Å². The maximum absolute atomic E-state index is 13.8. The van der Waals surface area contributed by atoms with E-state index < -0.39 is 23.8 Å². The van der Waals surface area contributed by atoms with E-state index >= 15 is 0 Å². The molecule has 0 bridgehead atoms. The van der Waals surface area contributed by atoms with Crippen molar-refractivity contribution in [3.63, 3.8) is 0 Å². The zero-order valence-corrected chi connectivity index (χ0v) is 20.0. The molecule has 170 valence electrons. The number of nitrogens with one attached hydrogen (secondary N) is 1. The van der Waals surface area contributed by atoms with Crippen LogP contribution in [0, 0.1) is 0 Å². The summed E-state index contributed by atoms with van der Waals surface area (Å²) < 4.78 is 4.78. The second-order valence-corrected chi connectivity index (χ2v) is 8.69. The molecule has 0 radical (unpaired) electrons. The lowest BCUT2D eigenvalue weighted by Gasteiger charge is -2.30. The largest absolute Gasteiger partial charge is 0.469 e. The Morgan fingerprint density at radius 2 is 1.66 bits per heavy atom. The lowest BCUT2D eigenvalue weighted by atomic mass is 10.1. The number of carbonyl (C=O) groups is 4. The van der Waals surface area contributed by atoms with E-state index in [-0.39, 0.29) is 33.0 Å². The zero-order valence-electron chi connectivity index (χ0n) is 17.7. The first-order chi connectivity index (χ1) is 15.1. The Hall–Kier alpha value is -2.55. The summed E-state index contributed by atoms with van der Waals surface area (Å²) in [6, 6.07) is 10.4. The van der Waals surface area contributed by atoms with Crippen LogP contribution in [0.4, 0.5) is 11.4 Å². The maximum Gasteiger partial charge on any atom is 0.310 e. The predicted molar refractivity (Wildman–Crippen MR) is 127 cm³/mol. The number of carbonyl (C=O) groups excluding carboxylic acids is 4. The topological polar surface area (TPSA) is 92.8 Å². The van der Waals surface area contributed by atoms with Gasteiger partial charge >= 0.3 is 5.97 Å². The number of benzene rings is 2. The van der Waals surface area contributed by atoms with Crippen LogP contribution < -0.4 is 10.2 Å². The van der Waals surface area contributed by atoms with E-state index in [1.807, 2.05) is 0 Å². The number of para-hydroxylation sites is 2. The molecule has 2 aromatic carbocycles. The van der Waals surface area contributed by atoms with Gasteiger partial charge in [0.05, 0.1) is 35.0 Å². The quantitative estimate of drug-likeness (QED) is 0.551. The van der Waals surface area contributed by atoms with Crippen molar-refractivity contribution in [1.82, 2.24) is 5.32 Å². The number of amides is 2. The van der Waals surface area contributed by atoms with Gasteiger partial charge in [0.2, 0.25) is 5.91 Å². The van der Waals surface area contributed by atoms with Gasteiger partial charge < -0.3 is 10.1 Å². The van der Waals surface area contributed by atoms with Crippen molar-refractivity contribution >= 4 is 69.2 Å². The molecule has 2 amide bonds. The highest BCUT2D eigenvalue weighted by Gasteiger charge is 2.32. The van der Waals surface area contributed by atoms with Crippen LogP contribution in [0.3, 0.4) is 0 Å². The van der Waals surface area contributed by atoms with E-state index in [0.717, 1.165) is 11.8 Å². The number of ether oxygens (including phenoxy) is 1. The highest BCUT2D eigenvalue weighted by molar-refractivity contribution is 8.13. The maximum atomic E-state index is 13.8. The Morgan fingerprint density at radius 3 is 2.22 bits per heavy atom. The number of thioether (sulfide) groups is 1. The van der Waals surface area contributed by atoms with Crippen LogP contribution >= 0.6 is 35.0 Å². The summed E-state index contributed by atoms with van der Waals surface area (Å²) in [5.74, 6) is -1.51. The minimum atomic E-state index is -1.06. The van der Waals surface area contributed by atoms with Gasteiger partial charge in [0, 0.05) is 19.6 Å². The fraction of sp³-hybridized carbons (Fsp3) is 0.273. The van der Waals surface area contributed by atoms with Gasteiger partial charge in [-0.1, -0.05) is 59.2 Å². The first kappa shape index (κ1) is 25.7. The molecular formula is C22H22Cl2N2O5S. The molecule has 0 aliphatic heterocycles. The molecule has 0 saturated heterocycles. The summed E-state index contributed by atoms with van der Waals surface area (Å²) in [5, 5.41) is 2.77. The Morgan fingerprint density at radius 1 is 1.03 bits per heavy atom. The number of hydrogen-bond donors (Lipinski definition) is 1. The summed E-state index contributed by atoms with van der Waals surface area (Å²) in [5.41, 5.74) is 1.03. The van der Waals surface area contributed by atoms with E-state index in [4.69, 9.17) is 27.9 Å². The third-order valence-corrected chi connectivity index (χ3v) is 5.82. The number of rotatable bonds is 8. The van der Waals surface area contributed by atoms with E-state index in [0.29, 0.717) is 11.3 Å². The molecule has 1 N–H and O–H groups in total. The summed E-state index contributed by atoms with van der Waals surface area (Å²) in [7, 11) is 1.27. The second-order valence-electron chi connectivity index (χ2n) is 6.68. The smallest absolute Gasteiger partial charge is 0.310 e. The summed E-state index contributed by atoms with van der Waals surface area (Å²) in [6.07, 6.45) is -0.106. The van der Waals surface area contributed by atoms with Gasteiger partial charge in [0.15, 0.2) is 5.12 Å². The number of nitrogens with zero attached hydrogens (tertiary/aromatic N) is 1. The second kappa shape index (κ2) is 11.9. The van der Waals surface area contributed by atoms with Gasteiger partial charge in [-0.3, -0.25) is 24.1 Å². The van der Waals surface area contributed by atoms with Crippen molar-refractivity contribution in [2.45, 2.75) is 26.3 Å². The molecule has 0 saturated carbocycles. The monoisotopic (exact) mass is 496 g/mol. The summed E-state index contributed by atoms with van der Waals surface area (Å²) >= 11 is 13.8. The number of hydrogen-bond acceptors (Lipinski definition) is 6. The van der Waals surface area contributed by atoms with Crippen LogP contribution in [0.1, 0.15) is 19.4 Å². The molecule has 0 spiro atoms. The van der Waals surface area contributed by atoms with Crippen molar-refractivity contribution in [3.8, 4) is 0 Å². The SMILES string of the molecule is COC(=O)Cc1ccccc1N(C(=O)[C@H](CSC(C)=O)NC(C)=O)c1c(Cl)cccc1Cl. The minimum absolute atomic E-state index is 0.00544. The lowest BCUT2D eigenvalue weighted by molar-refractivity contribution is -0.139. The first-order valence-electron chi connectivity index (χ1n) is 9.48. The zero-order chi connectivity index (χ0) is 23.8. The summed E-state index contributed by atoms with van der Waals surface area (Å²) in [6.45, 7) is 2.64. The molecule has 0 unspecified atom stereocenters. The Balaban J connectivity index is 2.67. The van der Waals surface area contributed by atoms with Gasteiger partial charge in [-0.05, 0) is 23.8 Å². The Bertz CT molecular complexity index is 1010.